The summed E-state index contributed by atoms with van der Waals surface area (Å²) < 4.78 is 0. The molecule has 0 aromatic heterocycles. The third-order valence-electron chi connectivity index (χ3n) is 3.72. The summed E-state index contributed by atoms with van der Waals surface area (Å²) in [5.74, 6) is -0.227. The summed E-state index contributed by atoms with van der Waals surface area (Å²) in [6.45, 7) is 4.17. The molecule has 2 rings (SSSR count). The van der Waals surface area contributed by atoms with Gasteiger partial charge in [0.1, 0.15) is 6.04 Å². The van der Waals surface area contributed by atoms with Crippen molar-refractivity contribution < 1.29 is 14.7 Å². The lowest BCUT2D eigenvalue weighted by Crippen LogP contribution is -2.48. The minimum absolute atomic E-state index is 0.0753. The van der Waals surface area contributed by atoms with Gasteiger partial charge in [-0.3, -0.25) is 0 Å². The average Bonchev–Trinajstić information content (AvgIpc) is 3.01. The number of hydrogen-bond donors (Lipinski definition) is 1. The Kier molecular flexibility index (Phi) is 4.09. The van der Waals surface area contributed by atoms with Gasteiger partial charge in [-0.2, -0.15) is 0 Å². The van der Waals surface area contributed by atoms with Crippen LogP contribution in [-0.4, -0.2) is 52.6 Å². The predicted octanol–water partition coefficient (Wildman–Crippen LogP) is 1.78. The highest BCUT2D eigenvalue weighted by atomic mass is 16.4. The molecule has 0 radical (unpaired) electrons. The van der Waals surface area contributed by atoms with E-state index < -0.39 is 12.0 Å². The van der Waals surface area contributed by atoms with Crippen molar-refractivity contribution in [1.82, 2.24) is 9.80 Å². The number of nitrogens with zero attached hydrogens (tertiary/aromatic N) is 2. The number of carboxylic acids is 1. The Morgan fingerprint density at radius 3 is 2.61 bits per heavy atom. The summed E-state index contributed by atoms with van der Waals surface area (Å²) in [6, 6.07) is -0.690. The quantitative estimate of drug-likeness (QED) is 0.813. The van der Waals surface area contributed by atoms with E-state index in [-0.39, 0.29) is 6.03 Å². The molecule has 0 aromatic rings. The van der Waals surface area contributed by atoms with Gasteiger partial charge in [-0.05, 0) is 38.0 Å². The van der Waals surface area contributed by atoms with Crippen LogP contribution in [0.1, 0.15) is 39.0 Å². The molecule has 2 fully saturated rings. The summed E-state index contributed by atoms with van der Waals surface area (Å²) in [6.07, 6.45) is 4.71. The van der Waals surface area contributed by atoms with Crippen molar-refractivity contribution in [2.24, 2.45) is 5.92 Å². The number of aliphatic carboxylic acids is 1. The summed E-state index contributed by atoms with van der Waals surface area (Å²) in [5.41, 5.74) is 0. The van der Waals surface area contributed by atoms with Crippen LogP contribution in [0.4, 0.5) is 4.79 Å². The fourth-order valence-corrected chi connectivity index (χ4v) is 2.58. The number of amides is 2. The predicted molar refractivity (Wildman–Crippen MR) is 67.3 cm³/mol. The lowest BCUT2D eigenvalue weighted by Gasteiger charge is -2.30. The van der Waals surface area contributed by atoms with Crippen LogP contribution in [0.25, 0.3) is 0 Å². The molecule has 1 aliphatic carbocycles. The van der Waals surface area contributed by atoms with Crippen molar-refractivity contribution in [1.29, 1.82) is 0 Å². The molecule has 1 heterocycles. The number of carbonyl (C=O) groups excluding carboxylic acids is 1. The second kappa shape index (κ2) is 5.59. The monoisotopic (exact) mass is 254 g/mol. The lowest BCUT2D eigenvalue weighted by atomic mass is 10.2. The molecular weight excluding hydrogens is 232 g/mol. The number of likely N-dealkylation sites (tertiary alicyclic amines) is 1. The van der Waals surface area contributed by atoms with Gasteiger partial charge < -0.3 is 14.9 Å². The molecule has 2 aliphatic rings. The maximum Gasteiger partial charge on any atom is 0.326 e. The number of hydrogen-bond acceptors (Lipinski definition) is 2. The largest absolute Gasteiger partial charge is 0.480 e. The Bertz CT molecular complexity index is 328. The van der Waals surface area contributed by atoms with Crippen molar-refractivity contribution in [3.8, 4) is 0 Å². The van der Waals surface area contributed by atoms with Gasteiger partial charge in [0.15, 0.2) is 0 Å². The topological polar surface area (TPSA) is 60.9 Å². The first-order valence-corrected chi connectivity index (χ1v) is 6.91. The first-order chi connectivity index (χ1) is 8.63. The number of rotatable bonds is 5. The third-order valence-corrected chi connectivity index (χ3v) is 3.72. The van der Waals surface area contributed by atoms with Crippen molar-refractivity contribution in [3.63, 3.8) is 0 Å². The van der Waals surface area contributed by atoms with Gasteiger partial charge in [-0.25, -0.2) is 9.59 Å². The second-order valence-electron chi connectivity index (χ2n) is 5.36. The lowest BCUT2D eigenvalue weighted by molar-refractivity contribution is -0.141. The van der Waals surface area contributed by atoms with E-state index in [1.165, 1.54) is 12.8 Å². The highest BCUT2D eigenvalue weighted by Crippen LogP contribution is 2.30. The summed E-state index contributed by atoms with van der Waals surface area (Å²) in [5, 5.41) is 9.13. The van der Waals surface area contributed by atoms with Crippen molar-refractivity contribution in [2.75, 3.05) is 19.6 Å². The zero-order valence-corrected chi connectivity index (χ0v) is 11.0. The summed E-state index contributed by atoms with van der Waals surface area (Å²) in [4.78, 5) is 26.9. The minimum atomic E-state index is -0.872. The Hall–Kier alpha value is -1.26. The van der Waals surface area contributed by atoms with E-state index in [0.29, 0.717) is 18.9 Å². The van der Waals surface area contributed by atoms with Crippen LogP contribution in [0.3, 0.4) is 0 Å². The molecule has 1 saturated heterocycles. The van der Waals surface area contributed by atoms with Crippen LogP contribution in [0.5, 0.6) is 0 Å². The van der Waals surface area contributed by atoms with Crippen LogP contribution >= 0.6 is 0 Å². The van der Waals surface area contributed by atoms with Crippen molar-refractivity contribution in [2.45, 2.75) is 45.1 Å². The molecule has 0 aromatic carbocycles. The molecular formula is C13H22N2O3. The van der Waals surface area contributed by atoms with Gasteiger partial charge in [0.2, 0.25) is 0 Å². The van der Waals surface area contributed by atoms with Crippen LogP contribution in [0, 0.1) is 5.92 Å². The molecule has 1 aliphatic heterocycles. The van der Waals surface area contributed by atoms with E-state index in [1.807, 2.05) is 11.8 Å². The molecule has 0 bridgehead atoms. The van der Waals surface area contributed by atoms with Crippen molar-refractivity contribution in [3.05, 3.63) is 0 Å². The number of carbonyl (C=O) groups is 2. The Morgan fingerprint density at radius 2 is 2.06 bits per heavy atom. The van der Waals surface area contributed by atoms with Gasteiger partial charge in [-0.1, -0.05) is 6.92 Å². The summed E-state index contributed by atoms with van der Waals surface area (Å²) >= 11 is 0. The first-order valence-electron chi connectivity index (χ1n) is 6.91. The molecule has 1 N–H and O–H groups in total. The highest BCUT2D eigenvalue weighted by Gasteiger charge is 2.37. The van der Waals surface area contributed by atoms with E-state index >= 15 is 0 Å². The fourth-order valence-electron chi connectivity index (χ4n) is 2.58. The first kappa shape index (κ1) is 13.2. The molecule has 0 unspecified atom stereocenters. The SMILES string of the molecule is CCCN(CC1CC1)C(=O)N1CCC[C@@H]1C(=O)O. The van der Waals surface area contributed by atoms with E-state index in [9.17, 15) is 9.59 Å². The standard InChI is InChI=1S/C13H22N2O3/c1-2-7-14(9-10-5-6-10)13(18)15-8-3-4-11(15)12(16)17/h10-11H,2-9H2,1H3,(H,16,17)/t11-/m1/s1. The molecule has 0 spiro atoms. The highest BCUT2D eigenvalue weighted by molar-refractivity contribution is 5.83. The smallest absolute Gasteiger partial charge is 0.326 e. The average molecular weight is 254 g/mol. The zero-order valence-electron chi connectivity index (χ0n) is 11.0. The van der Waals surface area contributed by atoms with Gasteiger partial charge in [-0.15, -0.1) is 0 Å². The maximum absolute atomic E-state index is 12.4. The van der Waals surface area contributed by atoms with E-state index in [4.69, 9.17) is 5.11 Å². The number of urea groups is 1. The minimum Gasteiger partial charge on any atom is -0.480 e. The van der Waals surface area contributed by atoms with Crippen LogP contribution in [0.15, 0.2) is 0 Å². The number of carboxylic acid groups (broad SMARTS) is 1. The second-order valence-corrected chi connectivity index (χ2v) is 5.36. The normalized spacial score (nSPS) is 23.2. The van der Waals surface area contributed by atoms with Gasteiger partial charge in [0, 0.05) is 19.6 Å². The third kappa shape index (κ3) is 2.94. The van der Waals surface area contributed by atoms with Crippen LogP contribution in [0.2, 0.25) is 0 Å². The molecule has 2 amide bonds. The molecule has 1 saturated carbocycles. The van der Waals surface area contributed by atoms with Gasteiger partial charge in [0.25, 0.3) is 0 Å². The van der Waals surface area contributed by atoms with E-state index in [2.05, 4.69) is 0 Å². The molecule has 5 nitrogen and oxygen atoms in total. The Morgan fingerprint density at radius 1 is 1.33 bits per heavy atom. The Balaban J connectivity index is 1.99. The fraction of sp³-hybridized carbons (Fsp3) is 0.846. The van der Waals surface area contributed by atoms with E-state index in [1.54, 1.807) is 4.90 Å². The Labute approximate surface area is 108 Å². The summed E-state index contributed by atoms with van der Waals surface area (Å²) in [7, 11) is 0. The van der Waals surface area contributed by atoms with Crippen molar-refractivity contribution >= 4 is 12.0 Å². The van der Waals surface area contributed by atoms with Gasteiger partial charge in [0.05, 0.1) is 0 Å². The maximum atomic E-state index is 12.4. The van der Waals surface area contributed by atoms with Crippen LogP contribution < -0.4 is 0 Å². The zero-order chi connectivity index (χ0) is 13.1. The molecule has 102 valence electrons. The molecule has 5 heteroatoms. The molecule has 1 atom stereocenters. The molecule has 18 heavy (non-hydrogen) atoms. The van der Waals surface area contributed by atoms with E-state index in [0.717, 1.165) is 25.9 Å². The van der Waals surface area contributed by atoms with Gasteiger partial charge >= 0.3 is 12.0 Å². The van der Waals surface area contributed by atoms with Crippen LogP contribution in [-0.2, 0) is 4.79 Å².